The van der Waals surface area contributed by atoms with E-state index in [1.807, 2.05) is 0 Å². The number of hydrogen-bond donors (Lipinski definition) is 4. The fourth-order valence-corrected chi connectivity index (χ4v) is 4.16. The molecule has 14 heteroatoms. The van der Waals surface area contributed by atoms with Crippen LogP contribution in [0.2, 0.25) is 0 Å². The van der Waals surface area contributed by atoms with E-state index in [1.54, 1.807) is 13.8 Å². The van der Waals surface area contributed by atoms with Gasteiger partial charge in [0.15, 0.2) is 0 Å². The molecular formula is C21H24N2NaO9S2+. The van der Waals surface area contributed by atoms with Gasteiger partial charge in [0.1, 0.15) is 16.4 Å². The van der Waals surface area contributed by atoms with Gasteiger partial charge in [-0.15, -0.1) is 0 Å². The Morgan fingerprint density at radius 2 is 1.31 bits per heavy atom. The molecule has 0 aliphatic carbocycles. The first kappa shape index (κ1) is 30.9. The largest absolute Gasteiger partial charge is 1.00 e. The minimum absolute atomic E-state index is 0. The Morgan fingerprint density at radius 1 is 0.886 bits per heavy atom. The molecule has 0 aliphatic rings. The van der Waals surface area contributed by atoms with Gasteiger partial charge in [-0.05, 0) is 35.4 Å². The van der Waals surface area contributed by atoms with Crippen LogP contribution in [0.15, 0.2) is 46.2 Å². The molecule has 0 unspecified atom stereocenters. The molecular weight excluding hydrogens is 511 g/mol. The molecule has 2 aromatic carbocycles. The molecule has 2 aromatic rings. The zero-order valence-corrected chi connectivity index (χ0v) is 23.1. The zero-order chi connectivity index (χ0) is 25.7. The second-order valence-corrected chi connectivity index (χ2v) is 10.2. The number of methoxy groups -OCH3 is 1. The maximum Gasteiger partial charge on any atom is 1.00 e. The van der Waals surface area contributed by atoms with Crippen molar-refractivity contribution in [2.24, 2.45) is 5.92 Å². The van der Waals surface area contributed by atoms with E-state index in [-0.39, 0.29) is 70.5 Å². The third-order valence-corrected chi connectivity index (χ3v) is 6.20. The number of carbonyl (C=O) groups excluding carboxylic acids is 2. The summed E-state index contributed by atoms with van der Waals surface area (Å²) < 4.78 is 71.4. The number of ether oxygens (including phenoxy) is 1. The van der Waals surface area contributed by atoms with Gasteiger partial charge >= 0.3 is 29.6 Å². The molecule has 0 saturated heterocycles. The number of amides is 2. The third kappa shape index (κ3) is 9.13. The van der Waals surface area contributed by atoms with Crippen molar-refractivity contribution in [1.29, 1.82) is 0 Å². The zero-order valence-electron chi connectivity index (χ0n) is 19.5. The summed E-state index contributed by atoms with van der Waals surface area (Å²) in [6.07, 6.45) is 2.42. The van der Waals surface area contributed by atoms with E-state index in [0.717, 1.165) is 12.1 Å². The number of benzene rings is 2. The minimum Gasteiger partial charge on any atom is -0.375 e. The van der Waals surface area contributed by atoms with Crippen molar-refractivity contribution in [3.05, 3.63) is 47.5 Å². The van der Waals surface area contributed by atoms with E-state index in [2.05, 4.69) is 15.4 Å². The van der Waals surface area contributed by atoms with Gasteiger partial charge in [0, 0.05) is 24.4 Å². The summed E-state index contributed by atoms with van der Waals surface area (Å²) in [5.41, 5.74) is 0.184. The Labute approximate surface area is 225 Å². The van der Waals surface area contributed by atoms with Crippen LogP contribution in [0, 0.1) is 5.92 Å². The van der Waals surface area contributed by atoms with Gasteiger partial charge in [-0.1, -0.05) is 38.1 Å². The molecule has 184 valence electrons. The molecule has 2 amide bonds. The Morgan fingerprint density at radius 3 is 1.69 bits per heavy atom. The molecule has 4 N–H and O–H groups in total. The van der Waals surface area contributed by atoms with Crippen molar-refractivity contribution in [3.63, 3.8) is 0 Å². The molecule has 0 aromatic heterocycles. The average Bonchev–Trinajstić information content (AvgIpc) is 2.72. The molecule has 0 atom stereocenters. The third-order valence-electron chi connectivity index (χ3n) is 4.38. The summed E-state index contributed by atoms with van der Waals surface area (Å²) in [6.45, 7) is 3.03. The first-order valence-electron chi connectivity index (χ1n) is 9.73. The maximum absolute atomic E-state index is 11.9. The van der Waals surface area contributed by atoms with Crippen LogP contribution in [0.1, 0.15) is 25.0 Å². The van der Waals surface area contributed by atoms with Gasteiger partial charge in [0.2, 0.25) is 11.8 Å². The molecule has 0 saturated carbocycles. The van der Waals surface area contributed by atoms with Crippen molar-refractivity contribution in [2.45, 2.75) is 23.6 Å². The minimum atomic E-state index is -4.72. The molecule has 11 nitrogen and oxygen atoms in total. The van der Waals surface area contributed by atoms with E-state index in [4.69, 9.17) is 0 Å². The summed E-state index contributed by atoms with van der Waals surface area (Å²) in [4.78, 5) is 22.5. The Kier molecular flexibility index (Phi) is 11.3. The first-order valence-corrected chi connectivity index (χ1v) is 12.6. The summed E-state index contributed by atoms with van der Waals surface area (Å²) in [7, 11) is -8.13. The number of rotatable bonds is 9. The van der Waals surface area contributed by atoms with Crippen LogP contribution in [0.3, 0.4) is 0 Å². The predicted octanol–water partition coefficient (Wildman–Crippen LogP) is -0.466. The van der Waals surface area contributed by atoms with Crippen LogP contribution in [0.4, 0.5) is 11.4 Å². The topological polar surface area (TPSA) is 176 Å². The van der Waals surface area contributed by atoms with Crippen molar-refractivity contribution >= 4 is 55.6 Å². The molecule has 0 aliphatic heterocycles. The SMILES string of the molecule is COCC(=O)Nc1ccc(/C=C/c2ccc(NC(=O)C(C)C)cc2S(=O)(=O)O)c(S(=O)(=O)O)c1.[Na+]. The number of hydrogen-bond acceptors (Lipinski definition) is 7. The maximum atomic E-state index is 11.9. The van der Waals surface area contributed by atoms with Crippen LogP contribution in [0.25, 0.3) is 12.2 Å². The number of nitrogens with one attached hydrogen (secondary N) is 2. The fourth-order valence-electron chi connectivity index (χ4n) is 2.74. The number of carbonyl (C=O) groups is 2. The molecule has 2 rings (SSSR count). The van der Waals surface area contributed by atoms with E-state index in [1.165, 1.54) is 43.5 Å². The summed E-state index contributed by atoms with van der Waals surface area (Å²) in [5, 5.41) is 4.92. The van der Waals surface area contributed by atoms with Crippen molar-refractivity contribution in [3.8, 4) is 0 Å². The van der Waals surface area contributed by atoms with Gasteiger partial charge in [-0.25, -0.2) is 0 Å². The number of anilines is 2. The van der Waals surface area contributed by atoms with E-state index < -0.39 is 35.9 Å². The normalized spacial score (nSPS) is 11.8. The van der Waals surface area contributed by atoms with Crippen LogP contribution < -0.4 is 40.2 Å². The molecule has 0 spiro atoms. The summed E-state index contributed by atoms with van der Waals surface area (Å²) in [5.74, 6) is -1.27. The van der Waals surface area contributed by atoms with Gasteiger partial charge in [0.25, 0.3) is 20.2 Å². The smallest absolute Gasteiger partial charge is 0.375 e. The summed E-state index contributed by atoms with van der Waals surface area (Å²) in [6, 6.07) is 7.46. The van der Waals surface area contributed by atoms with E-state index in [0.29, 0.717) is 0 Å². The second-order valence-electron chi connectivity index (χ2n) is 7.41. The average molecular weight is 536 g/mol. The van der Waals surface area contributed by atoms with Gasteiger partial charge in [0.05, 0.1) is 0 Å². The molecule has 0 bridgehead atoms. The van der Waals surface area contributed by atoms with Gasteiger partial charge in [-0.3, -0.25) is 18.7 Å². The van der Waals surface area contributed by atoms with Gasteiger partial charge in [-0.2, -0.15) is 16.8 Å². The van der Waals surface area contributed by atoms with Crippen LogP contribution in [-0.4, -0.2) is 51.5 Å². The van der Waals surface area contributed by atoms with Crippen molar-refractivity contribution in [1.82, 2.24) is 0 Å². The monoisotopic (exact) mass is 535 g/mol. The predicted molar refractivity (Wildman–Crippen MR) is 125 cm³/mol. The van der Waals surface area contributed by atoms with Crippen molar-refractivity contribution in [2.75, 3.05) is 24.4 Å². The Bertz CT molecular complexity index is 1340. The van der Waals surface area contributed by atoms with Crippen LogP contribution in [0.5, 0.6) is 0 Å². The summed E-state index contributed by atoms with van der Waals surface area (Å²) >= 11 is 0. The van der Waals surface area contributed by atoms with Gasteiger partial charge < -0.3 is 15.4 Å². The van der Waals surface area contributed by atoms with Crippen molar-refractivity contribution < 1.29 is 69.8 Å². The molecule has 35 heavy (non-hydrogen) atoms. The first-order chi connectivity index (χ1) is 15.7. The molecule has 0 fully saturated rings. The van der Waals surface area contributed by atoms with Crippen LogP contribution >= 0.6 is 0 Å². The fraction of sp³-hybridized carbons (Fsp3) is 0.238. The second kappa shape index (κ2) is 12.7. The molecule has 0 heterocycles. The quantitative estimate of drug-likeness (QED) is 0.188. The standard InChI is InChI=1S/C21H24N2O9S2.Na/c1-13(2)21(25)23-17-9-7-15(19(11-17)34(29,30)31)5-4-14-6-8-16(22-20(24)12-32-3)10-18(14)33(26,27)28;/h4-11,13H,12H2,1-3H3,(H,22,24)(H,23,25)(H,26,27,28)(H,29,30,31);/q;+1/b5-4+;. The molecule has 0 radical (unpaired) electrons. The van der Waals surface area contributed by atoms with E-state index >= 15 is 0 Å². The Hall–Kier alpha value is -2.10. The van der Waals surface area contributed by atoms with Crippen LogP contribution in [-0.2, 0) is 34.6 Å². The van der Waals surface area contributed by atoms with E-state index in [9.17, 15) is 35.5 Å². The Balaban J connectivity index is 0.00000612.